The van der Waals surface area contributed by atoms with Crippen LogP contribution >= 0.6 is 22.7 Å². The number of piperidine rings is 1. The summed E-state index contributed by atoms with van der Waals surface area (Å²) in [7, 11) is 0. The van der Waals surface area contributed by atoms with E-state index in [0.29, 0.717) is 12.5 Å². The smallest absolute Gasteiger partial charge is 0.263 e. The van der Waals surface area contributed by atoms with Gasteiger partial charge in [-0.1, -0.05) is 0 Å². The Morgan fingerprint density at radius 2 is 2.24 bits per heavy atom. The lowest BCUT2D eigenvalue weighted by molar-refractivity contribution is -0.118. The van der Waals surface area contributed by atoms with Gasteiger partial charge in [0.2, 0.25) is 5.91 Å². The van der Waals surface area contributed by atoms with Gasteiger partial charge in [0.05, 0.1) is 15.6 Å². The van der Waals surface area contributed by atoms with Crippen LogP contribution in [-0.4, -0.2) is 41.3 Å². The van der Waals surface area contributed by atoms with Crippen LogP contribution < -0.4 is 5.32 Å². The third-order valence-corrected chi connectivity index (χ3v) is 6.38. The second kappa shape index (κ2) is 8.10. The summed E-state index contributed by atoms with van der Waals surface area (Å²) < 4.78 is 0. The SMILES string of the molecule is CC(=O)NCCc1csc(C2CCCN(C(=O)c3ccc(C)s3)C2)n1. The fourth-order valence-electron chi connectivity index (χ4n) is 3.06. The first kappa shape index (κ1) is 18.1. The van der Waals surface area contributed by atoms with Gasteiger partial charge in [-0.2, -0.15) is 0 Å². The number of rotatable bonds is 5. The van der Waals surface area contributed by atoms with Crippen LogP contribution in [0.1, 0.15) is 50.9 Å². The van der Waals surface area contributed by atoms with Crippen molar-refractivity contribution in [1.29, 1.82) is 0 Å². The van der Waals surface area contributed by atoms with E-state index in [1.54, 1.807) is 22.7 Å². The molecule has 0 aliphatic carbocycles. The van der Waals surface area contributed by atoms with Gasteiger partial charge in [0, 0.05) is 49.2 Å². The quantitative estimate of drug-likeness (QED) is 0.870. The second-order valence-electron chi connectivity index (χ2n) is 6.41. The summed E-state index contributed by atoms with van der Waals surface area (Å²) in [5.74, 6) is 0.448. The van der Waals surface area contributed by atoms with Gasteiger partial charge in [-0.3, -0.25) is 9.59 Å². The molecule has 3 heterocycles. The van der Waals surface area contributed by atoms with Crippen LogP contribution in [0.4, 0.5) is 0 Å². The minimum atomic E-state index is -0.0132. The summed E-state index contributed by atoms with van der Waals surface area (Å²) in [6.07, 6.45) is 2.84. The molecule has 25 heavy (non-hydrogen) atoms. The molecule has 2 aromatic rings. The number of thiazole rings is 1. The molecular formula is C18H23N3O2S2. The van der Waals surface area contributed by atoms with E-state index in [1.807, 2.05) is 24.0 Å². The molecule has 1 saturated heterocycles. The Labute approximate surface area is 156 Å². The molecule has 0 radical (unpaired) electrons. The number of hydrogen-bond donors (Lipinski definition) is 1. The van der Waals surface area contributed by atoms with Gasteiger partial charge in [0.15, 0.2) is 0 Å². The molecule has 0 saturated carbocycles. The first-order valence-electron chi connectivity index (χ1n) is 8.57. The van der Waals surface area contributed by atoms with Crippen molar-refractivity contribution >= 4 is 34.5 Å². The van der Waals surface area contributed by atoms with E-state index in [2.05, 4.69) is 10.7 Å². The van der Waals surface area contributed by atoms with E-state index < -0.39 is 0 Å². The standard InChI is InChI=1S/C18H23N3O2S2/c1-12-5-6-16(25-12)18(23)21-9-3-4-14(10-21)17-20-15(11-24-17)7-8-19-13(2)22/h5-6,11,14H,3-4,7-10H2,1-2H3,(H,19,22). The Morgan fingerprint density at radius 1 is 1.40 bits per heavy atom. The predicted octanol–water partition coefficient (Wildman–Crippen LogP) is 3.21. The average molecular weight is 378 g/mol. The number of nitrogens with zero attached hydrogens (tertiary/aromatic N) is 2. The van der Waals surface area contributed by atoms with Crippen LogP contribution in [0, 0.1) is 6.92 Å². The van der Waals surface area contributed by atoms with Crippen LogP contribution in [0.2, 0.25) is 0 Å². The number of carbonyl (C=O) groups excluding carboxylic acids is 2. The molecule has 1 N–H and O–H groups in total. The van der Waals surface area contributed by atoms with Crippen LogP contribution in [0.25, 0.3) is 0 Å². The van der Waals surface area contributed by atoms with Gasteiger partial charge in [-0.15, -0.1) is 22.7 Å². The van der Waals surface area contributed by atoms with Crippen LogP contribution in [-0.2, 0) is 11.2 Å². The monoisotopic (exact) mass is 377 g/mol. The highest BCUT2D eigenvalue weighted by Crippen LogP contribution is 2.30. The minimum Gasteiger partial charge on any atom is -0.356 e. The van der Waals surface area contributed by atoms with Crippen molar-refractivity contribution in [2.24, 2.45) is 0 Å². The lowest BCUT2D eigenvalue weighted by Crippen LogP contribution is -2.38. The van der Waals surface area contributed by atoms with Gasteiger partial charge in [0.1, 0.15) is 0 Å². The highest BCUT2D eigenvalue weighted by atomic mass is 32.1. The summed E-state index contributed by atoms with van der Waals surface area (Å²) in [5.41, 5.74) is 1.02. The molecule has 1 fully saturated rings. The van der Waals surface area contributed by atoms with Crippen molar-refractivity contribution < 1.29 is 9.59 Å². The third kappa shape index (κ3) is 4.67. The van der Waals surface area contributed by atoms with Crippen LogP contribution in [0.3, 0.4) is 0 Å². The second-order valence-corrected chi connectivity index (χ2v) is 8.59. The van der Waals surface area contributed by atoms with Crippen molar-refractivity contribution in [3.8, 4) is 0 Å². The summed E-state index contributed by atoms with van der Waals surface area (Å²) >= 11 is 3.23. The molecule has 0 aromatic carbocycles. The zero-order chi connectivity index (χ0) is 17.8. The fourth-order valence-corrected chi connectivity index (χ4v) is 4.88. The predicted molar refractivity (Wildman–Crippen MR) is 101 cm³/mol. The largest absolute Gasteiger partial charge is 0.356 e. The molecule has 134 valence electrons. The number of carbonyl (C=O) groups is 2. The summed E-state index contributed by atoms with van der Waals surface area (Å²) in [5, 5.41) is 5.98. The Kier molecular flexibility index (Phi) is 5.86. The van der Waals surface area contributed by atoms with Crippen LogP contribution in [0.15, 0.2) is 17.5 Å². The van der Waals surface area contributed by atoms with E-state index in [1.165, 1.54) is 11.8 Å². The van der Waals surface area contributed by atoms with Gasteiger partial charge < -0.3 is 10.2 Å². The van der Waals surface area contributed by atoms with E-state index in [0.717, 1.165) is 47.9 Å². The topological polar surface area (TPSA) is 62.3 Å². The Bertz CT molecular complexity index is 753. The summed E-state index contributed by atoms with van der Waals surface area (Å²) in [6, 6.07) is 3.93. The zero-order valence-electron chi connectivity index (χ0n) is 14.6. The first-order chi connectivity index (χ1) is 12.0. The Morgan fingerprint density at radius 3 is 2.96 bits per heavy atom. The van der Waals surface area contributed by atoms with Gasteiger partial charge in [-0.05, 0) is 31.9 Å². The van der Waals surface area contributed by atoms with Crippen molar-refractivity contribution in [2.45, 2.75) is 39.0 Å². The van der Waals surface area contributed by atoms with Crippen molar-refractivity contribution in [2.75, 3.05) is 19.6 Å². The molecule has 0 spiro atoms. The normalized spacial score (nSPS) is 17.5. The van der Waals surface area contributed by atoms with Gasteiger partial charge in [0.25, 0.3) is 5.91 Å². The first-order valence-corrected chi connectivity index (χ1v) is 10.3. The van der Waals surface area contributed by atoms with Gasteiger partial charge in [-0.25, -0.2) is 4.98 Å². The maximum atomic E-state index is 12.7. The van der Waals surface area contributed by atoms with Crippen LogP contribution in [0.5, 0.6) is 0 Å². The minimum absolute atomic E-state index is 0.0132. The number of aryl methyl sites for hydroxylation is 1. The van der Waals surface area contributed by atoms with Gasteiger partial charge >= 0.3 is 0 Å². The highest BCUT2D eigenvalue weighted by molar-refractivity contribution is 7.13. The molecular weight excluding hydrogens is 354 g/mol. The lowest BCUT2D eigenvalue weighted by atomic mass is 9.98. The molecule has 1 unspecified atom stereocenters. The summed E-state index contributed by atoms with van der Waals surface area (Å²) in [4.78, 5) is 32.3. The number of nitrogens with one attached hydrogen (secondary N) is 1. The number of likely N-dealkylation sites (tertiary alicyclic amines) is 1. The Balaban J connectivity index is 1.60. The number of hydrogen-bond acceptors (Lipinski definition) is 5. The maximum absolute atomic E-state index is 12.7. The van der Waals surface area contributed by atoms with E-state index in [-0.39, 0.29) is 11.8 Å². The molecule has 5 nitrogen and oxygen atoms in total. The lowest BCUT2D eigenvalue weighted by Gasteiger charge is -2.31. The van der Waals surface area contributed by atoms with E-state index in [9.17, 15) is 9.59 Å². The molecule has 3 rings (SSSR count). The molecule has 0 bridgehead atoms. The highest BCUT2D eigenvalue weighted by Gasteiger charge is 2.27. The van der Waals surface area contributed by atoms with E-state index in [4.69, 9.17) is 4.98 Å². The summed E-state index contributed by atoms with van der Waals surface area (Å²) in [6.45, 7) is 5.74. The number of thiophene rings is 1. The van der Waals surface area contributed by atoms with Crippen molar-refractivity contribution in [3.63, 3.8) is 0 Å². The van der Waals surface area contributed by atoms with Crippen molar-refractivity contribution in [3.05, 3.63) is 38.0 Å². The molecule has 1 atom stereocenters. The Hall–Kier alpha value is -1.73. The molecule has 7 heteroatoms. The maximum Gasteiger partial charge on any atom is 0.263 e. The molecule has 2 amide bonds. The average Bonchev–Trinajstić information content (AvgIpc) is 3.23. The molecule has 1 aliphatic rings. The molecule has 2 aromatic heterocycles. The number of amides is 2. The number of aromatic nitrogens is 1. The van der Waals surface area contributed by atoms with E-state index >= 15 is 0 Å². The zero-order valence-corrected chi connectivity index (χ0v) is 16.2. The third-order valence-electron chi connectivity index (χ3n) is 4.33. The molecule has 1 aliphatic heterocycles. The fraction of sp³-hybridized carbons (Fsp3) is 0.500. The van der Waals surface area contributed by atoms with Crippen molar-refractivity contribution in [1.82, 2.24) is 15.2 Å².